The molecule has 6 nitrogen and oxygen atoms in total. The van der Waals surface area contributed by atoms with Gasteiger partial charge in [0.05, 0.1) is 12.7 Å². The molecule has 0 aromatic heterocycles. The van der Waals surface area contributed by atoms with Crippen molar-refractivity contribution in [2.45, 2.75) is 46.0 Å². The van der Waals surface area contributed by atoms with Gasteiger partial charge in [0.1, 0.15) is 12.2 Å². The first-order valence-electron chi connectivity index (χ1n) is 9.61. The number of hydrogen-bond acceptors (Lipinski definition) is 4. The molecule has 0 spiro atoms. The molecular weight excluding hydrogens is 342 g/mol. The second-order valence-electron chi connectivity index (χ2n) is 7.14. The van der Waals surface area contributed by atoms with Gasteiger partial charge >= 0.3 is 0 Å². The smallest absolute Gasteiger partial charge is 0.234 e. The van der Waals surface area contributed by atoms with Crippen LogP contribution in [0.5, 0.6) is 5.75 Å². The van der Waals surface area contributed by atoms with Crippen LogP contribution in [0, 0.1) is 31.1 Å². The molecule has 2 amide bonds. The third-order valence-corrected chi connectivity index (χ3v) is 4.98. The second-order valence-corrected chi connectivity index (χ2v) is 7.14. The summed E-state index contributed by atoms with van der Waals surface area (Å²) in [7, 11) is 0. The van der Waals surface area contributed by atoms with Gasteiger partial charge in [-0.25, -0.2) is 0 Å². The average molecular weight is 371 g/mol. The van der Waals surface area contributed by atoms with E-state index in [1.165, 1.54) is 0 Å². The largest absolute Gasteiger partial charge is 0.493 e. The Hall–Kier alpha value is -2.55. The minimum absolute atomic E-state index is 0.0958. The first-order chi connectivity index (χ1) is 13.0. The van der Waals surface area contributed by atoms with Crippen LogP contribution in [0.4, 0.5) is 0 Å². The summed E-state index contributed by atoms with van der Waals surface area (Å²) < 4.78 is 5.86. The maximum Gasteiger partial charge on any atom is 0.234 e. The van der Waals surface area contributed by atoms with Gasteiger partial charge in [0.15, 0.2) is 0 Å². The molecular formula is C21H29N3O3. The normalized spacial score (nSPS) is 14.5. The molecule has 0 atom stereocenters. The Bertz CT molecular complexity index is 668. The SMILES string of the molecule is Cc1cccc(C)c1OCCCC(=O)N1CCC(CNC(=O)CC#N)CC1. The van der Waals surface area contributed by atoms with Crippen molar-refractivity contribution in [1.82, 2.24) is 10.2 Å². The zero-order chi connectivity index (χ0) is 19.6. The fraction of sp³-hybridized carbons (Fsp3) is 0.571. The number of ether oxygens (including phenoxy) is 1. The van der Waals surface area contributed by atoms with Gasteiger partial charge in [0.25, 0.3) is 0 Å². The molecule has 1 aliphatic heterocycles. The number of piperidine rings is 1. The van der Waals surface area contributed by atoms with Gasteiger partial charge in [-0.3, -0.25) is 9.59 Å². The first kappa shape index (κ1) is 20.8. The summed E-state index contributed by atoms with van der Waals surface area (Å²) in [6.45, 7) is 6.65. The monoisotopic (exact) mass is 371 g/mol. The molecule has 1 fully saturated rings. The van der Waals surface area contributed by atoms with Gasteiger partial charge in [-0.05, 0) is 50.2 Å². The number of nitrogens with one attached hydrogen (secondary N) is 1. The van der Waals surface area contributed by atoms with Crippen molar-refractivity contribution in [3.8, 4) is 11.8 Å². The second kappa shape index (κ2) is 10.6. The van der Waals surface area contributed by atoms with Crippen LogP contribution in [0.25, 0.3) is 0 Å². The van der Waals surface area contributed by atoms with Crippen LogP contribution in [0.2, 0.25) is 0 Å². The van der Waals surface area contributed by atoms with Crippen LogP contribution < -0.4 is 10.1 Å². The highest BCUT2D eigenvalue weighted by Crippen LogP contribution is 2.22. The Morgan fingerprint density at radius 2 is 1.93 bits per heavy atom. The molecule has 1 saturated heterocycles. The van der Waals surface area contributed by atoms with Crippen LogP contribution in [-0.2, 0) is 9.59 Å². The third kappa shape index (κ3) is 6.59. The molecule has 0 unspecified atom stereocenters. The predicted molar refractivity (Wildman–Crippen MR) is 103 cm³/mol. The van der Waals surface area contributed by atoms with Crippen LogP contribution in [0.15, 0.2) is 18.2 Å². The Balaban J connectivity index is 1.63. The summed E-state index contributed by atoms with van der Waals surface area (Å²) in [5.74, 6) is 1.25. The van der Waals surface area contributed by atoms with Crippen molar-refractivity contribution >= 4 is 11.8 Å². The average Bonchev–Trinajstić information content (AvgIpc) is 2.66. The summed E-state index contributed by atoms with van der Waals surface area (Å²) in [5.41, 5.74) is 2.23. The quantitative estimate of drug-likeness (QED) is 0.712. The summed E-state index contributed by atoms with van der Waals surface area (Å²) in [4.78, 5) is 25.6. The van der Waals surface area contributed by atoms with Crippen molar-refractivity contribution in [3.05, 3.63) is 29.3 Å². The fourth-order valence-corrected chi connectivity index (χ4v) is 3.36. The summed E-state index contributed by atoms with van der Waals surface area (Å²) in [6.07, 6.45) is 2.88. The molecule has 0 bridgehead atoms. The zero-order valence-corrected chi connectivity index (χ0v) is 16.3. The number of para-hydroxylation sites is 1. The number of hydrogen-bond donors (Lipinski definition) is 1. The van der Waals surface area contributed by atoms with Crippen LogP contribution >= 0.6 is 0 Å². The van der Waals surface area contributed by atoms with E-state index in [9.17, 15) is 9.59 Å². The van der Waals surface area contributed by atoms with E-state index in [4.69, 9.17) is 10.00 Å². The fourth-order valence-electron chi connectivity index (χ4n) is 3.36. The molecule has 146 valence electrons. The number of amides is 2. The maximum absolute atomic E-state index is 12.4. The predicted octanol–water partition coefficient (Wildman–Crippen LogP) is 2.73. The highest BCUT2D eigenvalue weighted by atomic mass is 16.5. The number of nitriles is 1. The molecule has 1 aliphatic rings. The standard InChI is InChI=1S/C21H29N3O3/c1-16-5-3-6-17(2)21(16)27-14-4-7-20(26)24-12-9-18(10-13-24)15-23-19(25)8-11-22/h3,5-6,18H,4,7-10,12-15H2,1-2H3,(H,23,25). The Morgan fingerprint density at radius 1 is 1.26 bits per heavy atom. The lowest BCUT2D eigenvalue weighted by atomic mass is 9.96. The van der Waals surface area contributed by atoms with Gasteiger partial charge in [-0.2, -0.15) is 5.26 Å². The topological polar surface area (TPSA) is 82.4 Å². The van der Waals surface area contributed by atoms with Gasteiger partial charge in [0, 0.05) is 26.1 Å². The Morgan fingerprint density at radius 3 is 2.56 bits per heavy atom. The van der Waals surface area contributed by atoms with Gasteiger partial charge in [-0.1, -0.05) is 18.2 Å². The molecule has 0 radical (unpaired) electrons. The van der Waals surface area contributed by atoms with E-state index in [1.54, 1.807) is 0 Å². The molecule has 0 saturated carbocycles. The number of carbonyl (C=O) groups excluding carboxylic acids is 2. The van der Waals surface area contributed by atoms with E-state index in [-0.39, 0.29) is 18.2 Å². The number of nitrogens with zero attached hydrogens (tertiary/aromatic N) is 2. The van der Waals surface area contributed by atoms with Gasteiger partial charge < -0.3 is 15.0 Å². The van der Waals surface area contributed by atoms with E-state index in [0.717, 1.165) is 42.8 Å². The molecule has 1 N–H and O–H groups in total. The Labute approximate surface area is 161 Å². The van der Waals surface area contributed by atoms with E-state index in [2.05, 4.69) is 5.32 Å². The van der Waals surface area contributed by atoms with Crippen LogP contribution in [0.1, 0.15) is 43.2 Å². The third-order valence-electron chi connectivity index (χ3n) is 4.98. The van der Waals surface area contributed by atoms with Gasteiger partial charge in [-0.15, -0.1) is 0 Å². The minimum atomic E-state index is -0.222. The van der Waals surface area contributed by atoms with Crippen LogP contribution in [0.3, 0.4) is 0 Å². The molecule has 0 aliphatic carbocycles. The zero-order valence-electron chi connectivity index (χ0n) is 16.3. The molecule has 1 aromatic carbocycles. The highest BCUT2D eigenvalue weighted by molar-refractivity contribution is 5.78. The molecule has 6 heteroatoms. The van der Waals surface area contributed by atoms with Crippen molar-refractivity contribution < 1.29 is 14.3 Å². The number of benzene rings is 1. The van der Waals surface area contributed by atoms with Crippen molar-refractivity contribution in [1.29, 1.82) is 5.26 Å². The number of likely N-dealkylation sites (tertiary alicyclic amines) is 1. The minimum Gasteiger partial charge on any atom is -0.493 e. The van der Waals surface area contributed by atoms with E-state index in [0.29, 0.717) is 31.9 Å². The molecule has 1 aromatic rings. The Kier molecular flexibility index (Phi) is 8.12. The van der Waals surface area contributed by atoms with E-state index in [1.807, 2.05) is 43.0 Å². The summed E-state index contributed by atoms with van der Waals surface area (Å²) in [5, 5.41) is 11.3. The first-order valence-corrected chi connectivity index (χ1v) is 9.61. The summed E-state index contributed by atoms with van der Waals surface area (Å²) >= 11 is 0. The molecule has 27 heavy (non-hydrogen) atoms. The number of aryl methyl sites for hydroxylation is 2. The number of rotatable bonds is 8. The van der Waals surface area contributed by atoms with E-state index < -0.39 is 0 Å². The maximum atomic E-state index is 12.4. The van der Waals surface area contributed by atoms with Crippen molar-refractivity contribution in [2.75, 3.05) is 26.2 Å². The lowest BCUT2D eigenvalue weighted by molar-refractivity contribution is -0.133. The lowest BCUT2D eigenvalue weighted by Crippen LogP contribution is -2.41. The van der Waals surface area contributed by atoms with Crippen molar-refractivity contribution in [2.24, 2.45) is 5.92 Å². The van der Waals surface area contributed by atoms with E-state index >= 15 is 0 Å². The molecule has 1 heterocycles. The van der Waals surface area contributed by atoms with Crippen LogP contribution in [-0.4, -0.2) is 43.0 Å². The van der Waals surface area contributed by atoms with Gasteiger partial charge in [0.2, 0.25) is 11.8 Å². The lowest BCUT2D eigenvalue weighted by Gasteiger charge is -2.32. The highest BCUT2D eigenvalue weighted by Gasteiger charge is 2.22. The summed E-state index contributed by atoms with van der Waals surface area (Å²) in [6, 6.07) is 7.91. The molecule has 2 rings (SSSR count). The van der Waals surface area contributed by atoms with Crippen molar-refractivity contribution in [3.63, 3.8) is 0 Å². The number of carbonyl (C=O) groups is 2.